The molecule has 3 rings (SSSR count). The van der Waals surface area contributed by atoms with Crippen molar-refractivity contribution in [2.24, 2.45) is 5.92 Å². The number of nitrogens with one attached hydrogen (secondary N) is 1. The van der Waals surface area contributed by atoms with E-state index in [1.54, 1.807) is 36.5 Å². The molecule has 0 saturated heterocycles. The van der Waals surface area contributed by atoms with Gasteiger partial charge in [0.05, 0.1) is 6.04 Å². The Bertz CT molecular complexity index is 944. The highest BCUT2D eigenvalue weighted by atomic mass is 19.1. The predicted molar refractivity (Wildman–Crippen MR) is 91.6 cm³/mol. The first kappa shape index (κ1) is 16.9. The number of benzene rings is 1. The summed E-state index contributed by atoms with van der Waals surface area (Å²) in [4.78, 5) is 24.6. The van der Waals surface area contributed by atoms with E-state index in [-0.39, 0.29) is 35.9 Å². The minimum absolute atomic E-state index is 0.104. The first-order valence-electron chi connectivity index (χ1n) is 8.05. The normalized spacial score (nSPS) is 12.5. The quantitative estimate of drug-likeness (QED) is 0.772. The van der Waals surface area contributed by atoms with Crippen LogP contribution in [0.25, 0.3) is 5.65 Å². The van der Waals surface area contributed by atoms with E-state index in [1.165, 1.54) is 16.5 Å². The minimum Gasteiger partial charge on any atom is -0.347 e. The summed E-state index contributed by atoms with van der Waals surface area (Å²) in [5.74, 6) is -0.547. The van der Waals surface area contributed by atoms with E-state index in [0.717, 1.165) is 10.2 Å². The molecular weight excluding hydrogens is 323 g/mol. The summed E-state index contributed by atoms with van der Waals surface area (Å²) >= 11 is 0. The van der Waals surface area contributed by atoms with E-state index in [0.29, 0.717) is 5.65 Å². The Morgan fingerprint density at radius 2 is 1.92 bits per heavy atom. The van der Waals surface area contributed by atoms with Crippen LogP contribution >= 0.6 is 0 Å². The molecule has 25 heavy (non-hydrogen) atoms. The van der Waals surface area contributed by atoms with E-state index in [2.05, 4.69) is 10.4 Å². The first-order valence-corrected chi connectivity index (χ1v) is 8.05. The van der Waals surface area contributed by atoms with Crippen LogP contribution in [0, 0.1) is 11.7 Å². The summed E-state index contributed by atoms with van der Waals surface area (Å²) in [7, 11) is 0. The maximum atomic E-state index is 13.1. The Balaban J connectivity index is 1.78. The number of carbonyl (C=O) groups excluding carboxylic acids is 1. The lowest BCUT2D eigenvalue weighted by Crippen LogP contribution is -2.36. The smallest absolute Gasteiger partial charge is 0.347 e. The van der Waals surface area contributed by atoms with Crippen molar-refractivity contribution in [2.75, 3.05) is 0 Å². The van der Waals surface area contributed by atoms with Crippen molar-refractivity contribution in [3.05, 3.63) is 70.5 Å². The maximum absolute atomic E-state index is 13.1. The summed E-state index contributed by atoms with van der Waals surface area (Å²) in [6, 6.07) is 11.0. The van der Waals surface area contributed by atoms with Gasteiger partial charge in [-0.3, -0.25) is 9.20 Å². The van der Waals surface area contributed by atoms with Crippen molar-refractivity contribution in [1.82, 2.24) is 19.5 Å². The zero-order valence-electron chi connectivity index (χ0n) is 14.0. The summed E-state index contributed by atoms with van der Waals surface area (Å²) in [6.07, 6.45) is 1.61. The van der Waals surface area contributed by atoms with Crippen molar-refractivity contribution in [2.45, 2.75) is 26.4 Å². The molecule has 6 nitrogen and oxygen atoms in total. The number of hydrogen-bond donors (Lipinski definition) is 1. The van der Waals surface area contributed by atoms with Crippen molar-refractivity contribution < 1.29 is 9.18 Å². The van der Waals surface area contributed by atoms with E-state index in [1.807, 2.05) is 13.8 Å². The van der Waals surface area contributed by atoms with Gasteiger partial charge in [-0.05, 0) is 35.7 Å². The van der Waals surface area contributed by atoms with E-state index in [9.17, 15) is 14.0 Å². The van der Waals surface area contributed by atoms with Gasteiger partial charge in [-0.15, -0.1) is 5.10 Å². The molecular formula is C18H19FN4O2. The Morgan fingerprint density at radius 1 is 1.20 bits per heavy atom. The van der Waals surface area contributed by atoms with Crippen LogP contribution in [0.1, 0.15) is 25.5 Å². The monoisotopic (exact) mass is 342 g/mol. The molecule has 1 aromatic carbocycles. The molecule has 1 unspecified atom stereocenters. The molecule has 0 bridgehead atoms. The molecule has 3 aromatic rings. The number of halogens is 1. The Morgan fingerprint density at radius 3 is 2.56 bits per heavy atom. The van der Waals surface area contributed by atoms with Crippen LogP contribution < -0.4 is 11.0 Å². The highest BCUT2D eigenvalue weighted by molar-refractivity contribution is 5.76. The average Bonchev–Trinajstić information content (AvgIpc) is 2.90. The van der Waals surface area contributed by atoms with Gasteiger partial charge in [0.25, 0.3) is 0 Å². The summed E-state index contributed by atoms with van der Waals surface area (Å²) in [5.41, 5.74) is 0.931. The number of hydrogen-bond acceptors (Lipinski definition) is 3. The second-order valence-electron chi connectivity index (χ2n) is 6.21. The molecule has 2 aromatic heterocycles. The molecule has 2 heterocycles. The lowest BCUT2D eigenvalue weighted by atomic mass is 9.96. The van der Waals surface area contributed by atoms with Crippen molar-refractivity contribution >= 4 is 11.6 Å². The van der Waals surface area contributed by atoms with Gasteiger partial charge in [0.1, 0.15) is 12.4 Å². The van der Waals surface area contributed by atoms with Gasteiger partial charge in [0.15, 0.2) is 5.65 Å². The number of pyridine rings is 1. The second kappa shape index (κ2) is 6.88. The van der Waals surface area contributed by atoms with Crippen molar-refractivity contribution in [3.8, 4) is 0 Å². The maximum Gasteiger partial charge on any atom is 0.350 e. The number of rotatable bonds is 5. The summed E-state index contributed by atoms with van der Waals surface area (Å²) < 4.78 is 15.6. The Kier molecular flexibility index (Phi) is 4.65. The van der Waals surface area contributed by atoms with Crippen LogP contribution in [0.2, 0.25) is 0 Å². The molecule has 0 spiro atoms. The van der Waals surface area contributed by atoms with Crippen LogP contribution in [0.5, 0.6) is 0 Å². The fourth-order valence-corrected chi connectivity index (χ4v) is 2.73. The lowest BCUT2D eigenvalue weighted by molar-refractivity contribution is -0.123. The lowest BCUT2D eigenvalue weighted by Gasteiger charge is -2.22. The Hall–Kier alpha value is -2.96. The van der Waals surface area contributed by atoms with Gasteiger partial charge in [-0.2, -0.15) is 0 Å². The van der Waals surface area contributed by atoms with Gasteiger partial charge < -0.3 is 5.32 Å². The molecule has 1 N–H and O–H groups in total. The standard InChI is InChI=1S/C18H19FN4O2/c1-12(2)17(13-6-8-14(19)9-7-13)20-16(24)11-23-18(25)22-10-4-3-5-15(22)21-23/h3-10,12,17H,11H2,1-2H3,(H,20,24). The van der Waals surface area contributed by atoms with E-state index in [4.69, 9.17) is 0 Å². The highest BCUT2D eigenvalue weighted by Crippen LogP contribution is 2.21. The zero-order valence-corrected chi connectivity index (χ0v) is 14.0. The van der Waals surface area contributed by atoms with Crippen molar-refractivity contribution in [1.29, 1.82) is 0 Å². The molecule has 0 fully saturated rings. The predicted octanol–water partition coefficient (Wildman–Crippen LogP) is 2.15. The Labute approximate surface area is 143 Å². The first-order chi connectivity index (χ1) is 12.0. The van der Waals surface area contributed by atoms with Gasteiger partial charge in [-0.25, -0.2) is 13.9 Å². The summed E-state index contributed by atoms with van der Waals surface area (Å²) in [5, 5.41) is 7.05. The van der Waals surface area contributed by atoms with Crippen molar-refractivity contribution in [3.63, 3.8) is 0 Å². The van der Waals surface area contributed by atoms with Gasteiger partial charge in [-0.1, -0.05) is 32.0 Å². The fourth-order valence-electron chi connectivity index (χ4n) is 2.73. The molecule has 0 radical (unpaired) electrons. The molecule has 1 amide bonds. The van der Waals surface area contributed by atoms with E-state index < -0.39 is 0 Å². The van der Waals surface area contributed by atoms with Crippen LogP contribution in [0.3, 0.4) is 0 Å². The van der Waals surface area contributed by atoms with Crippen LogP contribution in [0.15, 0.2) is 53.5 Å². The molecule has 0 saturated carbocycles. The number of fused-ring (bicyclic) bond motifs is 1. The molecule has 0 aliphatic carbocycles. The average molecular weight is 342 g/mol. The SMILES string of the molecule is CC(C)C(NC(=O)Cn1nc2ccccn2c1=O)c1ccc(F)cc1. The second-order valence-corrected chi connectivity index (χ2v) is 6.21. The third-order valence-corrected chi connectivity index (χ3v) is 3.99. The third kappa shape index (κ3) is 3.60. The number of nitrogens with zero attached hydrogens (tertiary/aromatic N) is 3. The number of aromatic nitrogens is 3. The molecule has 1 atom stereocenters. The fraction of sp³-hybridized carbons (Fsp3) is 0.278. The van der Waals surface area contributed by atoms with Crippen LogP contribution in [-0.2, 0) is 11.3 Å². The van der Waals surface area contributed by atoms with Gasteiger partial charge in [0, 0.05) is 6.20 Å². The molecule has 7 heteroatoms. The highest BCUT2D eigenvalue weighted by Gasteiger charge is 2.19. The largest absolute Gasteiger partial charge is 0.350 e. The zero-order chi connectivity index (χ0) is 18.0. The van der Waals surface area contributed by atoms with E-state index >= 15 is 0 Å². The molecule has 0 aliphatic rings. The minimum atomic E-state index is -0.367. The molecule has 130 valence electrons. The van der Waals surface area contributed by atoms with Crippen LogP contribution in [-0.4, -0.2) is 20.1 Å². The third-order valence-electron chi connectivity index (χ3n) is 3.99. The number of amides is 1. The topological polar surface area (TPSA) is 68.4 Å². The van der Waals surface area contributed by atoms with Gasteiger partial charge in [0.2, 0.25) is 5.91 Å². The van der Waals surface area contributed by atoms with Crippen LogP contribution in [0.4, 0.5) is 4.39 Å². The number of carbonyl (C=O) groups is 1. The van der Waals surface area contributed by atoms with Gasteiger partial charge >= 0.3 is 5.69 Å². The molecule has 0 aliphatic heterocycles. The summed E-state index contributed by atoms with van der Waals surface area (Å²) in [6.45, 7) is 3.75.